The summed E-state index contributed by atoms with van der Waals surface area (Å²) in [7, 11) is 1.76. The van der Waals surface area contributed by atoms with E-state index in [2.05, 4.69) is 0 Å². The molecule has 2 aromatic rings. The van der Waals surface area contributed by atoms with Crippen LogP contribution in [0.2, 0.25) is 0 Å². The van der Waals surface area contributed by atoms with E-state index < -0.39 is 17.7 Å². The molecule has 1 aromatic heterocycles. The van der Waals surface area contributed by atoms with Gasteiger partial charge in [0.1, 0.15) is 11.6 Å². The first-order chi connectivity index (χ1) is 9.49. The molecule has 0 aliphatic heterocycles. The van der Waals surface area contributed by atoms with E-state index in [0.717, 1.165) is 17.7 Å². The highest BCUT2D eigenvalue weighted by Gasteiger charge is 2.22. The number of rotatable bonds is 5. The van der Waals surface area contributed by atoms with Crippen molar-refractivity contribution in [3.63, 3.8) is 0 Å². The second-order valence-corrected chi connectivity index (χ2v) is 4.71. The van der Waals surface area contributed by atoms with Crippen LogP contribution >= 0.6 is 0 Å². The van der Waals surface area contributed by atoms with Gasteiger partial charge in [0.05, 0.1) is 24.1 Å². The third-order valence-electron chi connectivity index (χ3n) is 3.25. The van der Waals surface area contributed by atoms with Crippen molar-refractivity contribution < 1.29 is 18.0 Å². The second kappa shape index (κ2) is 5.96. The molecule has 1 atom stereocenters. The van der Waals surface area contributed by atoms with Gasteiger partial charge in [0.25, 0.3) is 0 Å². The average molecular weight is 279 g/mol. The van der Waals surface area contributed by atoms with Crippen LogP contribution in [0.3, 0.4) is 0 Å². The van der Waals surface area contributed by atoms with Crippen molar-refractivity contribution in [3.05, 3.63) is 59.6 Å². The van der Waals surface area contributed by atoms with Crippen molar-refractivity contribution >= 4 is 5.78 Å². The summed E-state index contributed by atoms with van der Waals surface area (Å²) in [5, 5.41) is 0. The molecule has 2 rings (SSSR count). The predicted octanol–water partition coefficient (Wildman–Crippen LogP) is 3.26. The maximum Gasteiger partial charge on any atom is 0.182 e. The standard InChI is InChI=1S/C15H15F2NO2/c1-10(18(2)8-11-5-6-20-9-11)15(19)13-4-3-12(16)7-14(13)17/h3-7,9-10H,8H2,1-2H3. The number of benzene rings is 1. The summed E-state index contributed by atoms with van der Waals surface area (Å²) in [6.45, 7) is 2.19. The molecule has 1 aromatic carbocycles. The number of ketones is 1. The van der Waals surface area contributed by atoms with Gasteiger partial charge in [-0.25, -0.2) is 8.78 Å². The Morgan fingerprint density at radius 3 is 2.70 bits per heavy atom. The maximum absolute atomic E-state index is 13.6. The third kappa shape index (κ3) is 3.11. The quantitative estimate of drug-likeness (QED) is 0.788. The van der Waals surface area contributed by atoms with E-state index in [1.165, 1.54) is 6.07 Å². The first-order valence-corrected chi connectivity index (χ1v) is 6.19. The van der Waals surface area contributed by atoms with Crippen LogP contribution in [0.15, 0.2) is 41.2 Å². The number of hydrogen-bond donors (Lipinski definition) is 0. The Kier molecular flexibility index (Phi) is 4.29. The molecule has 0 radical (unpaired) electrons. The minimum atomic E-state index is -0.835. The van der Waals surface area contributed by atoms with Crippen molar-refractivity contribution in [2.24, 2.45) is 0 Å². The van der Waals surface area contributed by atoms with E-state index >= 15 is 0 Å². The predicted molar refractivity (Wildman–Crippen MR) is 70.3 cm³/mol. The number of carbonyl (C=O) groups excluding carboxylic acids is 1. The van der Waals surface area contributed by atoms with E-state index in [-0.39, 0.29) is 11.3 Å². The molecular formula is C15H15F2NO2. The fourth-order valence-corrected chi connectivity index (χ4v) is 1.92. The van der Waals surface area contributed by atoms with Crippen molar-refractivity contribution in [2.45, 2.75) is 19.5 Å². The van der Waals surface area contributed by atoms with Gasteiger partial charge in [0.15, 0.2) is 5.78 Å². The molecule has 1 heterocycles. The van der Waals surface area contributed by atoms with Gasteiger partial charge in [-0.15, -0.1) is 0 Å². The highest BCUT2D eigenvalue weighted by atomic mass is 19.1. The van der Waals surface area contributed by atoms with E-state index in [1.54, 1.807) is 37.5 Å². The van der Waals surface area contributed by atoms with E-state index in [0.29, 0.717) is 6.54 Å². The molecule has 0 aliphatic rings. The minimum Gasteiger partial charge on any atom is -0.472 e. The number of hydrogen-bond acceptors (Lipinski definition) is 3. The second-order valence-electron chi connectivity index (χ2n) is 4.71. The maximum atomic E-state index is 13.6. The summed E-state index contributed by atoms with van der Waals surface area (Å²) < 4.78 is 31.4. The SMILES string of the molecule is CC(C(=O)c1ccc(F)cc1F)N(C)Cc1ccoc1. The smallest absolute Gasteiger partial charge is 0.182 e. The lowest BCUT2D eigenvalue weighted by molar-refractivity contribution is 0.0857. The summed E-state index contributed by atoms with van der Waals surface area (Å²) >= 11 is 0. The Morgan fingerprint density at radius 1 is 1.35 bits per heavy atom. The molecule has 3 nitrogen and oxygen atoms in total. The van der Waals surface area contributed by atoms with Crippen LogP contribution in [0.5, 0.6) is 0 Å². The first kappa shape index (κ1) is 14.4. The van der Waals surface area contributed by atoms with Crippen molar-refractivity contribution in [1.29, 1.82) is 0 Å². The Bertz CT molecular complexity index is 596. The lowest BCUT2D eigenvalue weighted by Gasteiger charge is -2.23. The van der Waals surface area contributed by atoms with Crippen LogP contribution in [0.25, 0.3) is 0 Å². The molecule has 5 heteroatoms. The van der Waals surface area contributed by atoms with Gasteiger partial charge in [0, 0.05) is 18.2 Å². The van der Waals surface area contributed by atoms with Crippen molar-refractivity contribution in [1.82, 2.24) is 4.90 Å². The van der Waals surface area contributed by atoms with Crippen LogP contribution in [-0.2, 0) is 6.54 Å². The lowest BCUT2D eigenvalue weighted by atomic mass is 10.0. The fraction of sp³-hybridized carbons (Fsp3) is 0.267. The molecule has 0 bridgehead atoms. The lowest BCUT2D eigenvalue weighted by Crippen LogP contribution is -2.35. The van der Waals surface area contributed by atoms with Crippen LogP contribution in [0.1, 0.15) is 22.8 Å². The molecular weight excluding hydrogens is 264 g/mol. The van der Waals surface area contributed by atoms with Crippen LogP contribution in [0, 0.1) is 11.6 Å². The van der Waals surface area contributed by atoms with Crippen molar-refractivity contribution in [3.8, 4) is 0 Å². The average Bonchev–Trinajstić information content (AvgIpc) is 2.90. The largest absolute Gasteiger partial charge is 0.472 e. The highest BCUT2D eigenvalue weighted by molar-refractivity contribution is 6.00. The zero-order valence-corrected chi connectivity index (χ0v) is 11.3. The van der Waals surface area contributed by atoms with Gasteiger partial charge >= 0.3 is 0 Å². The molecule has 106 valence electrons. The summed E-state index contributed by atoms with van der Waals surface area (Å²) in [4.78, 5) is 14.0. The number of nitrogens with zero attached hydrogens (tertiary/aromatic N) is 1. The number of carbonyl (C=O) groups is 1. The summed E-state index contributed by atoms with van der Waals surface area (Å²) in [6, 6.07) is 4.25. The number of likely N-dealkylation sites (N-methyl/N-ethyl adjacent to an activating group) is 1. The van der Waals surface area contributed by atoms with Crippen LogP contribution in [0.4, 0.5) is 8.78 Å². The third-order valence-corrected chi connectivity index (χ3v) is 3.25. The van der Waals surface area contributed by atoms with Gasteiger partial charge in [-0.3, -0.25) is 9.69 Å². The summed E-state index contributed by atoms with van der Waals surface area (Å²) in [5.74, 6) is -1.91. The van der Waals surface area contributed by atoms with Gasteiger partial charge < -0.3 is 4.42 Å². The molecule has 0 fully saturated rings. The Hall–Kier alpha value is -2.01. The van der Waals surface area contributed by atoms with Crippen LogP contribution in [-0.4, -0.2) is 23.8 Å². The van der Waals surface area contributed by atoms with E-state index in [1.807, 2.05) is 0 Å². The van der Waals surface area contributed by atoms with Crippen LogP contribution < -0.4 is 0 Å². The van der Waals surface area contributed by atoms with E-state index in [4.69, 9.17) is 4.42 Å². The molecule has 1 unspecified atom stereocenters. The van der Waals surface area contributed by atoms with Crippen molar-refractivity contribution in [2.75, 3.05) is 7.05 Å². The Morgan fingerprint density at radius 2 is 2.10 bits per heavy atom. The molecule has 20 heavy (non-hydrogen) atoms. The minimum absolute atomic E-state index is 0.0991. The van der Waals surface area contributed by atoms with Gasteiger partial charge in [-0.2, -0.15) is 0 Å². The molecule has 0 spiro atoms. The van der Waals surface area contributed by atoms with Gasteiger partial charge in [0.2, 0.25) is 0 Å². The highest BCUT2D eigenvalue weighted by Crippen LogP contribution is 2.15. The zero-order valence-electron chi connectivity index (χ0n) is 11.3. The number of halogens is 2. The monoisotopic (exact) mass is 279 g/mol. The summed E-state index contributed by atoms with van der Waals surface area (Å²) in [6.07, 6.45) is 3.14. The molecule has 0 amide bonds. The molecule has 0 N–H and O–H groups in total. The number of furan rings is 1. The topological polar surface area (TPSA) is 33.5 Å². The summed E-state index contributed by atoms with van der Waals surface area (Å²) in [5.41, 5.74) is 0.824. The Labute approximate surface area is 115 Å². The normalized spacial score (nSPS) is 12.7. The molecule has 0 aliphatic carbocycles. The Balaban J connectivity index is 2.11. The van der Waals surface area contributed by atoms with Gasteiger partial charge in [-0.05, 0) is 32.2 Å². The molecule has 0 saturated heterocycles. The number of Topliss-reactive ketones (excluding diaryl/α,β-unsaturated/α-hetero) is 1. The zero-order chi connectivity index (χ0) is 14.7. The van der Waals surface area contributed by atoms with Gasteiger partial charge in [-0.1, -0.05) is 0 Å². The van der Waals surface area contributed by atoms with E-state index in [9.17, 15) is 13.6 Å². The molecule has 0 saturated carbocycles. The fourth-order valence-electron chi connectivity index (χ4n) is 1.92. The first-order valence-electron chi connectivity index (χ1n) is 6.19.